The summed E-state index contributed by atoms with van der Waals surface area (Å²) in [7, 11) is 0. The average molecular weight is 343 g/mol. The van der Waals surface area contributed by atoms with Crippen molar-refractivity contribution in [1.82, 2.24) is 5.32 Å². The molecule has 2 aliphatic rings. The summed E-state index contributed by atoms with van der Waals surface area (Å²) in [6.07, 6.45) is 2.95. The first kappa shape index (κ1) is 17.0. The third-order valence-electron chi connectivity index (χ3n) is 5.36. The Balaban J connectivity index is 0.00000169. The Labute approximate surface area is 149 Å². The van der Waals surface area contributed by atoms with Crippen LogP contribution in [-0.4, -0.2) is 25.5 Å². The Kier molecular flexibility index (Phi) is 4.93. The summed E-state index contributed by atoms with van der Waals surface area (Å²) < 4.78 is 0. The van der Waals surface area contributed by atoms with Crippen LogP contribution in [0.3, 0.4) is 0 Å². The summed E-state index contributed by atoms with van der Waals surface area (Å²) in [5, 5.41) is 3.37. The molecular formula is C20H23ClN2O. The normalized spacial score (nSPS) is 19.3. The molecule has 2 fully saturated rings. The second kappa shape index (κ2) is 6.96. The molecule has 0 saturated carbocycles. The van der Waals surface area contributed by atoms with E-state index >= 15 is 0 Å². The Morgan fingerprint density at radius 2 is 1.46 bits per heavy atom. The van der Waals surface area contributed by atoms with Crippen LogP contribution in [0.4, 0.5) is 5.69 Å². The molecule has 0 aromatic heterocycles. The van der Waals surface area contributed by atoms with E-state index in [4.69, 9.17) is 0 Å². The topological polar surface area (TPSA) is 32.3 Å². The smallest absolute Gasteiger partial charge is 0.233 e. The molecule has 4 heteroatoms. The number of benzene rings is 2. The van der Waals surface area contributed by atoms with Gasteiger partial charge in [0.1, 0.15) is 0 Å². The van der Waals surface area contributed by atoms with Gasteiger partial charge in [-0.2, -0.15) is 0 Å². The van der Waals surface area contributed by atoms with Gasteiger partial charge in [-0.3, -0.25) is 4.79 Å². The second-order valence-corrected chi connectivity index (χ2v) is 6.65. The van der Waals surface area contributed by atoms with Gasteiger partial charge in [0.15, 0.2) is 0 Å². The fraction of sp³-hybridized carbons (Fsp3) is 0.350. The molecule has 2 aromatic carbocycles. The molecule has 2 aliphatic heterocycles. The monoisotopic (exact) mass is 342 g/mol. The predicted octanol–water partition coefficient (Wildman–Crippen LogP) is 3.88. The van der Waals surface area contributed by atoms with Crippen LogP contribution < -0.4 is 10.2 Å². The van der Waals surface area contributed by atoms with Crippen LogP contribution in [0.5, 0.6) is 0 Å². The molecule has 0 unspecified atom stereocenters. The number of carbonyl (C=O) groups is 1. The number of hydrogen-bond donors (Lipinski definition) is 1. The first-order valence-electron chi connectivity index (χ1n) is 8.47. The summed E-state index contributed by atoms with van der Waals surface area (Å²) in [6, 6.07) is 18.7. The first-order valence-corrected chi connectivity index (χ1v) is 8.47. The zero-order valence-electron chi connectivity index (χ0n) is 13.7. The van der Waals surface area contributed by atoms with E-state index in [0.29, 0.717) is 5.91 Å². The largest absolute Gasteiger partial charge is 0.317 e. The van der Waals surface area contributed by atoms with Crippen LogP contribution >= 0.6 is 12.4 Å². The van der Waals surface area contributed by atoms with Crippen LogP contribution in [0.2, 0.25) is 0 Å². The van der Waals surface area contributed by atoms with Crippen LogP contribution in [0.1, 0.15) is 19.3 Å². The maximum atomic E-state index is 12.9. The minimum Gasteiger partial charge on any atom is -0.317 e. The number of hydrogen-bond acceptors (Lipinski definition) is 2. The standard InChI is InChI=1S/C20H22N2O.ClH/c23-19-20(10-13-21-14-11-20)12-15-22(19)18-8-6-17(7-9-18)16-4-2-1-3-5-16;/h1-9,21H,10-15H2;1H. The zero-order chi connectivity index (χ0) is 15.7. The van der Waals surface area contributed by atoms with Gasteiger partial charge in [0, 0.05) is 12.2 Å². The third kappa shape index (κ3) is 2.94. The van der Waals surface area contributed by atoms with Gasteiger partial charge in [0.2, 0.25) is 5.91 Å². The van der Waals surface area contributed by atoms with E-state index in [1.165, 1.54) is 11.1 Å². The Morgan fingerprint density at radius 1 is 0.833 bits per heavy atom. The predicted molar refractivity (Wildman–Crippen MR) is 101 cm³/mol. The molecular weight excluding hydrogens is 320 g/mol. The summed E-state index contributed by atoms with van der Waals surface area (Å²) in [4.78, 5) is 14.9. The molecule has 2 saturated heterocycles. The van der Waals surface area contributed by atoms with Crippen molar-refractivity contribution in [2.24, 2.45) is 5.41 Å². The minimum absolute atomic E-state index is 0. The van der Waals surface area contributed by atoms with Gasteiger partial charge in [-0.15, -0.1) is 12.4 Å². The lowest BCUT2D eigenvalue weighted by Crippen LogP contribution is -2.42. The Morgan fingerprint density at radius 3 is 2.12 bits per heavy atom. The van der Waals surface area contributed by atoms with Crippen LogP contribution in [0, 0.1) is 5.41 Å². The van der Waals surface area contributed by atoms with E-state index in [0.717, 1.165) is 44.6 Å². The minimum atomic E-state index is -0.108. The first-order chi connectivity index (χ1) is 11.3. The molecule has 2 heterocycles. The molecule has 1 amide bonds. The Bertz CT molecular complexity index is 693. The average Bonchev–Trinajstić information content (AvgIpc) is 2.93. The van der Waals surface area contributed by atoms with Crippen molar-refractivity contribution >= 4 is 24.0 Å². The molecule has 3 nitrogen and oxygen atoms in total. The Hall–Kier alpha value is -1.84. The van der Waals surface area contributed by atoms with E-state index in [2.05, 4.69) is 41.7 Å². The SMILES string of the molecule is Cl.O=C1N(c2ccc(-c3ccccc3)cc2)CCC12CCNCC2. The number of carbonyl (C=O) groups excluding carboxylic acids is 1. The molecule has 1 spiro atoms. The van der Waals surface area contributed by atoms with E-state index in [1.807, 2.05) is 23.1 Å². The lowest BCUT2D eigenvalue weighted by atomic mass is 9.78. The number of amides is 1. The fourth-order valence-electron chi connectivity index (χ4n) is 3.90. The molecule has 1 N–H and O–H groups in total. The number of nitrogens with one attached hydrogen (secondary N) is 1. The number of piperidine rings is 1. The van der Waals surface area contributed by atoms with Gasteiger partial charge in [-0.05, 0) is 55.6 Å². The van der Waals surface area contributed by atoms with E-state index in [1.54, 1.807) is 0 Å². The second-order valence-electron chi connectivity index (χ2n) is 6.65. The lowest BCUT2D eigenvalue weighted by Gasteiger charge is -2.32. The molecule has 24 heavy (non-hydrogen) atoms. The number of nitrogens with zero attached hydrogens (tertiary/aromatic N) is 1. The van der Waals surface area contributed by atoms with Crippen molar-refractivity contribution in [3.63, 3.8) is 0 Å². The quantitative estimate of drug-likeness (QED) is 0.898. The van der Waals surface area contributed by atoms with Crippen molar-refractivity contribution in [2.45, 2.75) is 19.3 Å². The van der Waals surface area contributed by atoms with Crippen molar-refractivity contribution < 1.29 is 4.79 Å². The number of halogens is 1. The molecule has 0 atom stereocenters. The molecule has 126 valence electrons. The highest BCUT2D eigenvalue weighted by atomic mass is 35.5. The van der Waals surface area contributed by atoms with Crippen LogP contribution in [0.25, 0.3) is 11.1 Å². The van der Waals surface area contributed by atoms with Crippen LogP contribution in [0.15, 0.2) is 54.6 Å². The third-order valence-corrected chi connectivity index (χ3v) is 5.36. The van der Waals surface area contributed by atoms with Crippen molar-refractivity contribution in [3.8, 4) is 11.1 Å². The van der Waals surface area contributed by atoms with Crippen LogP contribution in [-0.2, 0) is 4.79 Å². The summed E-state index contributed by atoms with van der Waals surface area (Å²) in [6.45, 7) is 2.78. The van der Waals surface area contributed by atoms with Crippen molar-refractivity contribution in [3.05, 3.63) is 54.6 Å². The zero-order valence-corrected chi connectivity index (χ0v) is 14.5. The number of anilines is 1. The molecule has 0 aliphatic carbocycles. The maximum Gasteiger partial charge on any atom is 0.233 e. The van der Waals surface area contributed by atoms with Gasteiger partial charge in [0.05, 0.1) is 5.41 Å². The van der Waals surface area contributed by atoms with E-state index in [9.17, 15) is 4.79 Å². The van der Waals surface area contributed by atoms with Crippen molar-refractivity contribution in [1.29, 1.82) is 0 Å². The summed E-state index contributed by atoms with van der Waals surface area (Å²) in [5.41, 5.74) is 3.33. The van der Waals surface area contributed by atoms with Crippen molar-refractivity contribution in [2.75, 3.05) is 24.5 Å². The molecule has 0 radical (unpaired) electrons. The fourth-order valence-corrected chi connectivity index (χ4v) is 3.90. The highest BCUT2D eigenvalue weighted by molar-refractivity contribution is 6.00. The molecule has 0 bridgehead atoms. The van der Waals surface area contributed by atoms with E-state index < -0.39 is 0 Å². The summed E-state index contributed by atoms with van der Waals surface area (Å²) in [5.74, 6) is 0.325. The van der Waals surface area contributed by atoms with E-state index in [-0.39, 0.29) is 17.8 Å². The lowest BCUT2D eigenvalue weighted by molar-refractivity contribution is -0.126. The number of rotatable bonds is 2. The highest BCUT2D eigenvalue weighted by Crippen LogP contribution is 2.41. The van der Waals surface area contributed by atoms with Gasteiger partial charge in [0.25, 0.3) is 0 Å². The maximum absolute atomic E-state index is 12.9. The van der Waals surface area contributed by atoms with Gasteiger partial charge < -0.3 is 10.2 Å². The molecule has 2 aromatic rings. The van der Waals surface area contributed by atoms with Gasteiger partial charge in [-0.25, -0.2) is 0 Å². The molecule has 4 rings (SSSR count). The van der Waals surface area contributed by atoms with Gasteiger partial charge >= 0.3 is 0 Å². The van der Waals surface area contributed by atoms with Gasteiger partial charge in [-0.1, -0.05) is 42.5 Å². The summed E-state index contributed by atoms with van der Waals surface area (Å²) >= 11 is 0. The highest BCUT2D eigenvalue weighted by Gasteiger charge is 2.47.